The molecular weight excluding hydrogens is 328 g/mol. The van der Waals surface area contributed by atoms with Crippen LogP contribution in [-0.4, -0.2) is 4.92 Å². The van der Waals surface area contributed by atoms with E-state index < -0.39 is 4.92 Å². The second kappa shape index (κ2) is 7.27. The van der Waals surface area contributed by atoms with Crippen molar-refractivity contribution in [2.24, 2.45) is 0 Å². The monoisotopic (exact) mass is 348 g/mol. The summed E-state index contributed by atoms with van der Waals surface area (Å²) in [7, 11) is 0. The van der Waals surface area contributed by atoms with Crippen molar-refractivity contribution in [3.8, 4) is 11.5 Å². The molecule has 0 saturated carbocycles. The Hall–Kier alpha value is -3.34. The number of rotatable bonds is 5. The van der Waals surface area contributed by atoms with Gasteiger partial charge in [0.1, 0.15) is 5.75 Å². The van der Waals surface area contributed by atoms with Crippen molar-refractivity contribution < 1.29 is 9.66 Å². The third-order valence-electron chi connectivity index (χ3n) is 4.08. The fraction of sp³-hybridized carbons (Fsp3) is 0.143. The van der Waals surface area contributed by atoms with Gasteiger partial charge in [0, 0.05) is 11.8 Å². The summed E-state index contributed by atoms with van der Waals surface area (Å²) < 4.78 is 5.91. The molecule has 0 aromatic heterocycles. The first-order chi connectivity index (χ1) is 12.4. The van der Waals surface area contributed by atoms with Crippen molar-refractivity contribution in [2.75, 3.05) is 5.32 Å². The fourth-order valence-corrected chi connectivity index (χ4v) is 2.94. The number of para-hydroxylation sites is 1. The molecule has 1 N–H and O–H groups in total. The Morgan fingerprint density at radius 2 is 1.58 bits per heavy atom. The van der Waals surface area contributed by atoms with Gasteiger partial charge in [-0.1, -0.05) is 35.9 Å². The minimum Gasteiger partial charge on any atom is -0.455 e. The molecule has 0 spiro atoms. The smallest absolute Gasteiger partial charge is 0.273 e. The van der Waals surface area contributed by atoms with Crippen LogP contribution in [0.3, 0.4) is 0 Å². The van der Waals surface area contributed by atoms with Gasteiger partial charge in [0.2, 0.25) is 0 Å². The molecule has 0 radical (unpaired) electrons. The number of nitro benzene ring substituents is 1. The van der Waals surface area contributed by atoms with Crippen molar-refractivity contribution in [3.05, 3.63) is 87.5 Å². The number of nitro groups is 1. The van der Waals surface area contributed by atoms with Crippen molar-refractivity contribution >= 4 is 17.1 Å². The summed E-state index contributed by atoms with van der Waals surface area (Å²) in [6.45, 7) is 6.12. The maximum atomic E-state index is 11.2. The van der Waals surface area contributed by atoms with Crippen LogP contribution in [-0.2, 0) is 0 Å². The molecular formula is C21H20N2O3. The molecule has 0 saturated heterocycles. The highest BCUT2D eigenvalue weighted by Gasteiger charge is 2.14. The maximum absolute atomic E-state index is 11.2. The third-order valence-corrected chi connectivity index (χ3v) is 4.08. The largest absolute Gasteiger partial charge is 0.455 e. The lowest BCUT2D eigenvalue weighted by Crippen LogP contribution is -2.00. The third kappa shape index (κ3) is 3.83. The van der Waals surface area contributed by atoms with E-state index in [0.717, 1.165) is 16.8 Å². The van der Waals surface area contributed by atoms with Gasteiger partial charge < -0.3 is 10.1 Å². The number of benzene rings is 3. The van der Waals surface area contributed by atoms with Gasteiger partial charge in [0.05, 0.1) is 16.7 Å². The van der Waals surface area contributed by atoms with Gasteiger partial charge in [-0.3, -0.25) is 10.1 Å². The molecule has 0 atom stereocenters. The number of ether oxygens (including phenoxy) is 1. The van der Waals surface area contributed by atoms with Crippen LogP contribution in [0.25, 0.3) is 0 Å². The summed E-state index contributed by atoms with van der Waals surface area (Å²) in [5.41, 5.74) is 5.03. The van der Waals surface area contributed by atoms with Crippen molar-refractivity contribution in [2.45, 2.75) is 20.8 Å². The summed E-state index contributed by atoms with van der Waals surface area (Å²) in [5.74, 6) is 1.03. The zero-order chi connectivity index (χ0) is 18.7. The van der Waals surface area contributed by atoms with E-state index in [2.05, 4.69) is 24.4 Å². The van der Waals surface area contributed by atoms with E-state index in [9.17, 15) is 10.1 Å². The van der Waals surface area contributed by atoms with E-state index >= 15 is 0 Å². The lowest BCUT2D eigenvalue weighted by molar-refractivity contribution is -0.384. The Morgan fingerprint density at radius 1 is 0.923 bits per heavy atom. The topological polar surface area (TPSA) is 64.4 Å². The zero-order valence-corrected chi connectivity index (χ0v) is 14.9. The second-order valence-electron chi connectivity index (χ2n) is 6.25. The second-order valence-corrected chi connectivity index (χ2v) is 6.25. The number of hydrogen-bond donors (Lipinski definition) is 1. The Morgan fingerprint density at radius 3 is 2.19 bits per heavy atom. The summed E-state index contributed by atoms with van der Waals surface area (Å²) in [6.07, 6.45) is 0. The number of nitrogens with one attached hydrogen (secondary N) is 1. The number of anilines is 2. The van der Waals surface area contributed by atoms with E-state index in [4.69, 9.17) is 4.74 Å². The molecule has 0 amide bonds. The van der Waals surface area contributed by atoms with Crippen molar-refractivity contribution in [3.63, 3.8) is 0 Å². The Labute approximate surface area is 152 Å². The van der Waals surface area contributed by atoms with Gasteiger partial charge in [-0.25, -0.2) is 0 Å². The lowest BCUT2D eigenvalue weighted by Gasteiger charge is -2.17. The van der Waals surface area contributed by atoms with E-state index in [-0.39, 0.29) is 5.69 Å². The average Bonchev–Trinajstić information content (AvgIpc) is 2.59. The highest BCUT2D eigenvalue weighted by molar-refractivity contribution is 5.73. The van der Waals surface area contributed by atoms with Gasteiger partial charge in [-0.2, -0.15) is 0 Å². The van der Waals surface area contributed by atoms with Gasteiger partial charge in [-0.05, 0) is 50.1 Å². The molecule has 3 rings (SSSR count). The fourth-order valence-electron chi connectivity index (χ4n) is 2.94. The molecule has 0 fully saturated rings. The predicted molar refractivity (Wildman–Crippen MR) is 104 cm³/mol. The molecule has 0 unspecified atom stereocenters. The zero-order valence-electron chi connectivity index (χ0n) is 14.9. The quantitative estimate of drug-likeness (QED) is 0.450. The average molecular weight is 348 g/mol. The van der Waals surface area contributed by atoms with Crippen LogP contribution in [0.4, 0.5) is 17.1 Å². The van der Waals surface area contributed by atoms with Crippen LogP contribution >= 0.6 is 0 Å². The number of non-ortho nitro benzene ring substituents is 1. The Bertz CT molecular complexity index is 930. The predicted octanol–water partition coefficient (Wildman–Crippen LogP) is 6.06. The molecule has 132 valence electrons. The highest BCUT2D eigenvalue weighted by atomic mass is 16.6. The first-order valence-corrected chi connectivity index (χ1v) is 8.30. The van der Waals surface area contributed by atoms with Gasteiger partial charge in [0.15, 0.2) is 5.75 Å². The summed E-state index contributed by atoms with van der Waals surface area (Å²) in [4.78, 5) is 10.7. The molecule has 5 nitrogen and oxygen atoms in total. The molecule has 0 aliphatic rings. The van der Waals surface area contributed by atoms with Crippen LogP contribution in [0, 0.1) is 30.9 Å². The molecule has 3 aromatic rings. The van der Waals surface area contributed by atoms with E-state index in [0.29, 0.717) is 17.2 Å². The van der Waals surface area contributed by atoms with Crippen LogP contribution in [0.15, 0.2) is 60.7 Å². The van der Waals surface area contributed by atoms with Crippen LogP contribution < -0.4 is 10.1 Å². The molecule has 0 heterocycles. The van der Waals surface area contributed by atoms with Crippen LogP contribution in [0.5, 0.6) is 11.5 Å². The number of aryl methyl sites for hydroxylation is 3. The number of nitrogens with zero attached hydrogens (tertiary/aromatic N) is 1. The molecule has 0 bridgehead atoms. The van der Waals surface area contributed by atoms with E-state index in [1.54, 1.807) is 6.07 Å². The molecule has 5 heteroatoms. The maximum Gasteiger partial charge on any atom is 0.273 e. The first kappa shape index (κ1) is 17.5. The first-order valence-electron chi connectivity index (χ1n) is 8.30. The van der Waals surface area contributed by atoms with Crippen LogP contribution in [0.1, 0.15) is 16.7 Å². The van der Waals surface area contributed by atoms with Crippen molar-refractivity contribution in [1.29, 1.82) is 0 Å². The minimum atomic E-state index is -0.427. The van der Waals surface area contributed by atoms with Crippen molar-refractivity contribution in [1.82, 2.24) is 0 Å². The molecule has 0 aliphatic heterocycles. The Balaban J connectivity index is 2.02. The highest BCUT2D eigenvalue weighted by Crippen LogP contribution is 2.36. The van der Waals surface area contributed by atoms with Gasteiger partial charge in [0.25, 0.3) is 5.69 Å². The summed E-state index contributed by atoms with van der Waals surface area (Å²) in [5, 5.41) is 14.5. The number of hydrogen-bond acceptors (Lipinski definition) is 4. The summed E-state index contributed by atoms with van der Waals surface area (Å²) >= 11 is 0. The summed E-state index contributed by atoms with van der Waals surface area (Å²) in [6, 6.07) is 18.0. The van der Waals surface area contributed by atoms with E-state index in [1.807, 2.05) is 44.2 Å². The molecule has 26 heavy (non-hydrogen) atoms. The standard InChI is InChI=1S/C21H20N2O3/c1-14-11-15(2)21(16(3)12-14)22-19-10-9-17(23(24)25)13-20(19)26-18-7-5-4-6-8-18/h4-13,22H,1-3H3. The van der Waals surface area contributed by atoms with Crippen LogP contribution in [0.2, 0.25) is 0 Å². The van der Waals surface area contributed by atoms with Gasteiger partial charge >= 0.3 is 0 Å². The van der Waals surface area contributed by atoms with Gasteiger partial charge in [-0.15, -0.1) is 0 Å². The SMILES string of the molecule is Cc1cc(C)c(Nc2ccc([N+](=O)[O-])cc2Oc2ccccc2)c(C)c1. The lowest BCUT2D eigenvalue weighted by atomic mass is 10.0. The van der Waals surface area contributed by atoms with E-state index in [1.165, 1.54) is 17.7 Å². The molecule has 0 aliphatic carbocycles. The molecule has 3 aromatic carbocycles. The Kier molecular flexibility index (Phi) is 4.89. The normalized spacial score (nSPS) is 10.4. The minimum absolute atomic E-state index is 0.0150.